The number of halogens is 1. The van der Waals surface area contributed by atoms with Gasteiger partial charge in [0.15, 0.2) is 0 Å². The zero-order chi connectivity index (χ0) is 9.52. The number of hydrogen-bond acceptors (Lipinski definition) is 3. The van der Waals surface area contributed by atoms with Crippen LogP contribution in [0.25, 0.3) is 0 Å². The van der Waals surface area contributed by atoms with E-state index in [1.807, 2.05) is 18.3 Å². The molecule has 0 spiro atoms. The second-order valence-electron chi connectivity index (χ2n) is 2.49. The van der Waals surface area contributed by atoms with E-state index in [1.165, 1.54) is 0 Å². The van der Waals surface area contributed by atoms with E-state index >= 15 is 0 Å². The van der Waals surface area contributed by atoms with Crippen LogP contribution in [0, 0.1) is 0 Å². The molecule has 2 nitrogen and oxygen atoms in total. The summed E-state index contributed by atoms with van der Waals surface area (Å²) in [5.41, 5.74) is 0. The van der Waals surface area contributed by atoms with Gasteiger partial charge in [0.1, 0.15) is 5.03 Å². The van der Waals surface area contributed by atoms with Crippen molar-refractivity contribution in [2.75, 3.05) is 18.8 Å². The molecule has 0 saturated carbocycles. The van der Waals surface area contributed by atoms with Crippen molar-refractivity contribution in [3.63, 3.8) is 0 Å². The Labute approximate surface area is 91.7 Å². The minimum absolute atomic E-state index is 1.03. The van der Waals surface area contributed by atoms with Gasteiger partial charge in [0.25, 0.3) is 0 Å². The maximum absolute atomic E-state index is 4.26. The normalized spacial score (nSPS) is 10.3. The maximum Gasteiger partial charge on any atom is 0.110 e. The standard InChI is InChI=1S/C9H13BrN2S/c1-2-11-6-7-13-9-8(10)4-3-5-12-9/h3-5,11H,2,6-7H2,1H3. The predicted molar refractivity (Wildman–Crippen MR) is 61.2 cm³/mol. The van der Waals surface area contributed by atoms with Gasteiger partial charge < -0.3 is 5.32 Å². The van der Waals surface area contributed by atoms with Gasteiger partial charge in [-0.15, -0.1) is 11.8 Å². The van der Waals surface area contributed by atoms with Crippen LogP contribution in [-0.4, -0.2) is 23.8 Å². The van der Waals surface area contributed by atoms with Crippen LogP contribution in [0.15, 0.2) is 27.8 Å². The average Bonchev–Trinajstić information content (AvgIpc) is 2.15. The first kappa shape index (κ1) is 11.0. The maximum atomic E-state index is 4.26. The number of thioether (sulfide) groups is 1. The zero-order valence-electron chi connectivity index (χ0n) is 7.59. The van der Waals surface area contributed by atoms with E-state index in [9.17, 15) is 0 Å². The zero-order valence-corrected chi connectivity index (χ0v) is 9.99. The Hall–Kier alpha value is -0.0600. The van der Waals surface area contributed by atoms with Crippen LogP contribution in [0.5, 0.6) is 0 Å². The fourth-order valence-electron chi connectivity index (χ4n) is 0.874. The third-order valence-corrected chi connectivity index (χ3v) is 3.40. The van der Waals surface area contributed by atoms with Crippen LogP contribution < -0.4 is 5.32 Å². The highest BCUT2D eigenvalue weighted by Crippen LogP contribution is 2.23. The van der Waals surface area contributed by atoms with Crippen LogP contribution in [0.1, 0.15) is 6.92 Å². The summed E-state index contributed by atoms with van der Waals surface area (Å²) in [6, 6.07) is 3.95. The quantitative estimate of drug-likeness (QED) is 0.651. The number of nitrogens with zero attached hydrogens (tertiary/aromatic N) is 1. The second kappa shape index (κ2) is 6.40. The summed E-state index contributed by atoms with van der Waals surface area (Å²) < 4.78 is 1.08. The van der Waals surface area contributed by atoms with Crippen molar-refractivity contribution < 1.29 is 0 Å². The summed E-state index contributed by atoms with van der Waals surface area (Å²) in [6.07, 6.45) is 1.82. The van der Waals surface area contributed by atoms with E-state index in [1.54, 1.807) is 11.8 Å². The molecule has 1 aromatic rings. The third kappa shape index (κ3) is 4.11. The Bertz CT molecular complexity index is 255. The Morgan fingerprint density at radius 1 is 1.62 bits per heavy atom. The first-order valence-corrected chi connectivity index (χ1v) is 6.06. The van der Waals surface area contributed by atoms with E-state index in [0.29, 0.717) is 0 Å². The van der Waals surface area contributed by atoms with Crippen molar-refractivity contribution in [3.05, 3.63) is 22.8 Å². The molecule has 4 heteroatoms. The van der Waals surface area contributed by atoms with Gasteiger partial charge in [-0.05, 0) is 34.6 Å². The van der Waals surface area contributed by atoms with Crippen LogP contribution in [-0.2, 0) is 0 Å². The summed E-state index contributed by atoms with van der Waals surface area (Å²) in [5, 5.41) is 4.34. The van der Waals surface area contributed by atoms with Gasteiger partial charge in [0.2, 0.25) is 0 Å². The Morgan fingerprint density at radius 2 is 2.46 bits per heavy atom. The molecular weight excluding hydrogens is 248 g/mol. The first-order chi connectivity index (χ1) is 6.34. The number of rotatable bonds is 5. The molecule has 0 amide bonds. The first-order valence-electron chi connectivity index (χ1n) is 4.28. The number of pyridine rings is 1. The molecule has 1 heterocycles. The molecule has 0 unspecified atom stereocenters. The highest BCUT2D eigenvalue weighted by molar-refractivity contribution is 9.10. The molecule has 72 valence electrons. The predicted octanol–water partition coefficient (Wildman–Crippen LogP) is 2.55. The molecule has 0 atom stereocenters. The lowest BCUT2D eigenvalue weighted by atomic mass is 10.5. The smallest absolute Gasteiger partial charge is 0.110 e. The van der Waals surface area contributed by atoms with Crippen molar-refractivity contribution >= 4 is 27.7 Å². The van der Waals surface area contributed by atoms with Crippen molar-refractivity contribution in [1.82, 2.24) is 10.3 Å². The summed E-state index contributed by atoms with van der Waals surface area (Å²) >= 11 is 5.23. The molecule has 0 fully saturated rings. The second-order valence-corrected chi connectivity index (χ2v) is 4.43. The molecule has 0 aliphatic rings. The Morgan fingerprint density at radius 3 is 3.15 bits per heavy atom. The summed E-state index contributed by atoms with van der Waals surface area (Å²) in [7, 11) is 0. The van der Waals surface area contributed by atoms with Gasteiger partial charge >= 0.3 is 0 Å². The molecular formula is C9H13BrN2S. The summed E-state index contributed by atoms with van der Waals surface area (Å²) in [4.78, 5) is 4.26. The molecule has 1 rings (SSSR count). The molecule has 0 aromatic carbocycles. The van der Waals surface area contributed by atoms with Crippen molar-refractivity contribution in [2.45, 2.75) is 11.9 Å². The number of nitrogens with one attached hydrogen (secondary N) is 1. The van der Waals surface area contributed by atoms with Crippen LogP contribution in [0.2, 0.25) is 0 Å². The SMILES string of the molecule is CCNCCSc1ncccc1Br. The van der Waals surface area contributed by atoms with Gasteiger partial charge in [-0.25, -0.2) is 4.98 Å². The minimum atomic E-state index is 1.03. The highest BCUT2D eigenvalue weighted by Gasteiger charge is 1.99. The molecule has 0 saturated heterocycles. The lowest BCUT2D eigenvalue weighted by molar-refractivity contribution is 0.768. The van der Waals surface area contributed by atoms with Gasteiger partial charge in [-0.3, -0.25) is 0 Å². The van der Waals surface area contributed by atoms with Crippen molar-refractivity contribution in [1.29, 1.82) is 0 Å². The summed E-state index contributed by atoms with van der Waals surface area (Å²) in [6.45, 7) is 4.18. The van der Waals surface area contributed by atoms with Gasteiger partial charge in [-0.2, -0.15) is 0 Å². The third-order valence-electron chi connectivity index (χ3n) is 1.49. The topological polar surface area (TPSA) is 24.9 Å². The fraction of sp³-hybridized carbons (Fsp3) is 0.444. The molecule has 13 heavy (non-hydrogen) atoms. The van der Waals surface area contributed by atoms with Gasteiger partial charge in [0.05, 0.1) is 0 Å². The van der Waals surface area contributed by atoms with Crippen LogP contribution in [0.3, 0.4) is 0 Å². The fourth-order valence-corrected chi connectivity index (χ4v) is 2.25. The van der Waals surface area contributed by atoms with Gasteiger partial charge in [0, 0.05) is 23.0 Å². The van der Waals surface area contributed by atoms with E-state index < -0.39 is 0 Å². The van der Waals surface area contributed by atoms with Crippen molar-refractivity contribution in [2.24, 2.45) is 0 Å². The Kier molecular flexibility index (Phi) is 5.43. The van der Waals surface area contributed by atoms with Gasteiger partial charge in [-0.1, -0.05) is 6.92 Å². The molecule has 1 aromatic heterocycles. The average molecular weight is 261 g/mol. The number of aromatic nitrogens is 1. The van der Waals surface area contributed by atoms with E-state index in [4.69, 9.17) is 0 Å². The monoisotopic (exact) mass is 260 g/mol. The van der Waals surface area contributed by atoms with E-state index in [-0.39, 0.29) is 0 Å². The minimum Gasteiger partial charge on any atom is -0.316 e. The van der Waals surface area contributed by atoms with E-state index in [0.717, 1.165) is 28.3 Å². The van der Waals surface area contributed by atoms with Crippen LogP contribution in [0.4, 0.5) is 0 Å². The number of hydrogen-bond donors (Lipinski definition) is 1. The van der Waals surface area contributed by atoms with Crippen LogP contribution >= 0.6 is 27.7 Å². The highest BCUT2D eigenvalue weighted by atomic mass is 79.9. The molecule has 1 N–H and O–H groups in total. The molecule has 0 aliphatic carbocycles. The lowest BCUT2D eigenvalue weighted by Gasteiger charge is -2.02. The Balaban J connectivity index is 2.32. The summed E-state index contributed by atoms with van der Waals surface area (Å²) in [5.74, 6) is 1.06. The molecule has 0 bridgehead atoms. The largest absolute Gasteiger partial charge is 0.316 e. The lowest BCUT2D eigenvalue weighted by Crippen LogP contribution is -2.15. The molecule has 0 radical (unpaired) electrons. The van der Waals surface area contributed by atoms with E-state index in [2.05, 4.69) is 33.2 Å². The van der Waals surface area contributed by atoms with Crippen molar-refractivity contribution in [3.8, 4) is 0 Å². The molecule has 0 aliphatic heterocycles.